The maximum Gasteiger partial charge on any atom is 0.193 e. The largest absolute Gasteiger partial charge is 0.399 e. The molecule has 0 aliphatic heterocycles. The van der Waals surface area contributed by atoms with Gasteiger partial charge in [0.25, 0.3) is 0 Å². The molecule has 0 aliphatic rings. The minimum atomic E-state index is -0.00769. The van der Waals surface area contributed by atoms with E-state index in [1.54, 1.807) is 24.3 Å². The van der Waals surface area contributed by atoms with Crippen LogP contribution in [0.4, 0.5) is 5.69 Å². The molecular formula is C17H14N2O. The van der Waals surface area contributed by atoms with Crippen molar-refractivity contribution in [2.75, 3.05) is 5.73 Å². The molecule has 3 rings (SSSR count). The molecule has 3 nitrogen and oxygen atoms in total. The number of benzene rings is 2. The molecule has 2 N–H and O–H groups in total. The Labute approximate surface area is 117 Å². The van der Waals surface area contributed by atoms with Crippen molar-refractivity contribution in [1.29, 1.82) is 0 Å². The molecule has 0 bridgehead atoms. The molecule has 0 aliphatic carbocycles. The fourth-order valence-corrected chi connectivity index (χ4v) is 2.29. The molecule has 0 fully saturated rings. The van der Waals surface area contributed by atoms with Gasteiger partial charge in [-0.3, -0.25) is 9.78 Å². The number of pyridine rings is 1. The molecule has 1 aromatic heterocycles. The van der Waals surface area contributed by atoms with Gasteiger partial charge in [-0.05, 0) is 43.3 Å². The minimum Gasteiger partial charge on any atom is -0.399 e. The summed E-state index contributed by atoms with van der Waals surface area (Å²) in [5.74, 6) is -0.00769. The third kappa shape index (κ3) is 2.14. The van der Waals surface area contributed by atoms with Crippen LogP contribution in [0.25, 0.3) is 10.9 Å². The Morgan fingerprint density at radius 1 is 1.05 bits per heavy atom. The standard InChI is InChI=1S/C17H14N2O/c1-11-10-15(14-4-2-3-5-16(14)19-11)17(20)12-6-8-13(18)9-7-12/h2-10H,18H2,1H3. The zero-order valence-electron chi connectivity index (χ0n) is 11.1. The van der Waals surface area contributed by atoms with Crippen molar-refractivity contribution >= 4 is 22.4 Å². The summed E-state index contributed by atoms with van der Waals surface area (Å²) in [5, 5.41) is 0.875. The van der Waals surface area contributed by atoms with E-state index in [2.05, 4.69) is 4.98 Å². The highest BCUT2D eigenvalue weighted by atomic mass is 16.1. The SMILES string of the molecule is Cc1cc(C(=O)c2ccc(N)cc2)c2ccccc2n1. The van der Waals surface area contributed by atoms with E-state index in [0.29, 0.717) is 16.8 Å². The van der Waals surface area contributed by atoms with Crippen LogP contribution in [-0.2, 0) is 0 Å². The first-order valence-electron chi connectivity index (χ1n) is 6.42. The predicted octanol–water partition coefficient (Wildman–Crippen LogP) is 3.36. The lowest BCUT2D eigenvalue weighted by Gasteiger charge is -2.07. The Kier molecular flexibility index (Phi) is 2.95. The molecule has 0 amide bonds. The molecule has 0 spiro atoms. The van der Waals surface area contributed by atoms with E-state index in [0.717, 1.165) is 16.6 Å². The average molecular weight is 262 g/mol. The van der Waals surface area contributed by atoms with Crippen LogP contribution in [0.5, 0.6) is 0 Å². The topological polar surface area (TPSA) is 56.0 Å². The summed E-state index contributed by atoms with van der Waals surface area (Å²) in [6, 6.07) is 16.5. The van der Waals surface area contributed by atoms with Crippen LogP contribution >= 0.6 is 0 Å². The number of rotatable bonds is 2. The second-order valence-electron chi connectivity index (χ2n) is 4.78. The van der Waals surface area contributed by atoms with Gasteiger partial charge in [0.1, 0.15) is 0 Å². The average Bonchev–Trinajstić information content (AvgIpc) is 2.46. The van der Waals surface area contributed by atoms with Crippen LogP contribution in [0.3, 0.4) is 0 Å². The first kappa shape index (κ1) is 12.4. The Bertz CT molecular complexity index is 792. The summed E-state index contributed by atoms with van der Waals surface area (Å²) < 4.78 is 0. The number of aromatic nitrogens is 1. The molecule has 0 unspecified atom stereocenters. The lowest BCUT2D eigenvalue weighted by atomic mass is 9.99. The lowest BCUT2D eigenvalue weighted by Crippen LogP contribution is -2.04. The first-order chi connectivity index (χ1) is 9.65. The highest BCUT2D eigenvalue weighted by molar-refractivity contribution is 6.16. The molecule has 3 heteroatoms. The highest BCUT2D eigenvalue weighted by Crippen LogP contribution is 2.21. The van der Waals surface area contributed by atoms with Gasteiger partial charge in [0.05, 0.1) is 5.52 Å². The van der Waals surface area contributed by atoms with Crippen LogP contribution < -0.4 is 5.73 Å². The van der Waals surface area contributed by atoms with E-state index >= 15 is 0 Å². The maximum absolute atomic E-state index is 12.7. The molecule has 20 heavy (non-hydrogen) atoms. The molecular weight excluding hydrogens is 248 g/mol. The molecule has 0 saturated carbocycles. The monoisotopic (exact) mass is 262 g/mol. The Morgan fingerprint density at radius 3 is 2.50 bits per heavy atom. The molecule has 0 atom stereocenters. The third-order valence-corrected chi connectivity index (χ3v) is 3.26. The molecule has 3 aromatic rings. The van der Waals surface area contributed by atoms with Gasteiger partial charge < -0.3 is 5.73 Å². The highest BCUT2D eigenvalue weighted by Gasteiger charge is 2.13. The van der Waals surface area contributed by atoms with Crippen molar-refractivity contribution in [3.8, 4) is 0 Å². The van der Waals surface area contributed by atoms with E-state index in [9.17, 15) is 4.79 Å². The number of carbonyl (C=O) groups is 1. The summed E-state index contributed by atoms with van der Waals surface area (Å²) >= 11 is 0. The zero-order valence-corrected chi connectivity index (χ0v) is 11.1. The maximum atomic E-state index is 12.7. The van der Waals surface area contributed by atoms with Gasteiger partial charge in [-0.2, -0.15) is 0 Å². The number of carbonyl (C=O) groups excluding carboxylic acids is 1. The van der Waals surface area contributed by atoms with Crippen LogP contribution in [0.15, 0.2) is 54.6 Å². The van der Waals surface area contributed by atoms with Crippen molar-refractivity contribution in [1.82, 2.24) is 4.98 Å². The second-order valence-corrected chi connectivity index (χ2v) is 4.78. The second kappa shape index (κ2) is 4.78. The number of fused-ring (bicyclic) bond motifs is 1. The van der Waals surface area contributed by atoms with E-state index in [1.807, 2.05) is 37.3 Å². The van der Waals surface area contributed by atoms with Gasteiger partial charge in [0.2, 0.25) is 0 Å². The smallest absolute Gasteiger partial charge is 0.193 e. The summed E-state index contributed by atoms with van der Waals surface area (Å²) in [5.41, 5.74) is 9.30. The minimum absolute atomic E-state index is 0.00769. The fourth-order valence-electron chi connectivity index (χ4n) is 2.29. The van der Waals surface area contributed by atoms with E-state index < -0.39 is 0 Å². The number of aryl methyl sites for hydroxylation is 1. The number of hydrogen-bond donors (Lipinski definition) is 1. The van der Waals surface area contributed by atoms with Gasteiger partial charge in [0.15, 0.2) is 5.78 Å². The van der Waals surface area contributed by atoms with Gasteiger partial charge >= 0.3 is 0 Å². The lowest BCUT2D eigenvalue weighted by molar-refractivity contribution is 0.104. The first-order valence-corrected chi connectivity index (χ1v) is 6.42. The van der Waals surface area contributed by atoms with Crippen molar-refractivity contribution in [3.05, 3.63) is 71.4 Å². The number of nitrogens with two attached hydrogens (primary N) is 1. The van der Waals surface area contributed by atoms with E-state index in [-0.39, 0.29) is 5.78 Å². The van der Waals surface area contributed by atoms with Crippen LogP contribution in [0.2, 0.25) is 0 Å². The van der Waals surface area contributed by atoms with Crippen LogP contribution in [-0.4, -0.2) is 10.8 Å². The Hall–Kier alpha value is -2.68. The third-order valence-electron chi connectivity index (χ3n) is 3.26. The van der Waals surface area contributed by atoms with Crippen LogP contribution in [0.1, 0.15) is 21.6 Å². The zero-order chi connectivity index (χ0) is 14.1. The Morgan fingerprint density at radius 2 is 1.75 bits per heavy atom. The number of anilines is 1. The predicted molar refractivity (Wildman–Crippen MR) is 80.8 cm³/mol. The molecule has 0 radical (unpaired) electrons. The summed E-state index contributed by atoms with van der Waals surface area (Å²) in [6.45, 7) is 1.90. The van der Waals surface area contributed by atoms with Crippen molar-refractivity contribution in [2.24, 2.45) is 0 Å². The number of hydrogen-bond acceptors (Lipinski definition) is 3. The van der Waals surface area contributed by atoms with Gasteiger partial charge in [-0.1, -0.05) is 18.2 Å². The molecule has 1 heterocycles. The molecule has 2 aromatic carbocycles. The van der Waals surface area contributed by atoms with Crippen molar-refractivity contribution < 1.29 is 4.79 Å². The molecule has 98 valence electrons. The Balaban J connectivity index is 2.18. The van der Waals surface area contributed by atoms with Gasteiger partial charge in [0, 0.05) is 27.9 Å². The fraction of sp³-hybridized carbons (Fsp3) is 0.0588. The summed E-state index contributed by atoms with van der Waals surface area (Å²) in [4.78, 5) is 17.1. The van der Waals surface area contributed by atoms with Gasteiger partial charge in [-0.25, -0.2) is 0 Å². The number of para-hydroxylation sites is 1. The summed E-state index contributed by atoms with van der Waals surface area (Å²) in [6.07, 6.45) is 0. The normalized spacial score (nSPS) is 10.7. The number of ketones is 1. The number of nitrogens with zero attached hydrogens (tertiary/aromatic N) is 1. The van der Waals surface area contributed by atoms with Crippen molar-refractivity contribution in [3.63, 3.8) is 0 Å². The number of nitrogen functional groups attached to an aromatic ring is 1. The van der Waals surface area contributed by atoms with Crippen molar-refractivity contribution in [2.45, 2.75) is 6.92 Å². The van der Waals surface area contributed by atoms with Gasteiger partial charge in [-0.15, -0.1) is 0 Å². The van der Waals surface area contributed by atoms with E-state index in [1.165, 1.54) is 0 Å². The van der Waals surface area contributed by atoms with Crippen LogP contribution in [0, 0.1) is 6.92 Å². The van der Waals surface area contributed by atoms with E-state index in [4.69, 9.17) is 5.73 Å². The molecule has 0 saturated heterocycles. The quantitative estimate of drug-likeness (QED) is 0.569. The summed E-state index contributed by atoms with van der Waals surface area (Å²) in [7, 11) is 0.